The zero-order valence-electron chi connectivity index (χ0n) is 10.6. The third-order valence-electron chi connectivity index (χ3n) is 3.12. The number of hydrogen-bond donors (Lipinski definition) is 0. The van der Waals surface area contributed by atoms with E-state index in [-0.39, 0.29) is 5.88 Å². The van der Waals surface area contributed by atoms with E-state index in [2.05, 4.69) is 10.1 Å². The van der Waals surface area contributed by atoms with Crippen LogP contribution in [0.2, 0.25) is 0 Å². The summed E-state index contributed by atoms with van der Waals surface area (Å²) in [5.41, 5.74) is 1.23. The van der Waals surface area contributed by atoms with Crippen LogP contribution < -0.4 is 0 Å². The van der Waals surface area contributed by atoms with Gasteiger partial charge in [0.1, 0.15) is 0 Å². The molecule has 0 amide bonds. The number of rotatable bonds is 2. The molecule has 2 heterocycles. The van der Waals surface area contributed by atoms with Gasteiger partial charge in [-0.15, -0.1) is 11.6 Å². The maximum atomic E-state index is 12.6. The van der Waals surface area contributed by atoms with Gasteiger partial charge in [0.15, 0.2) is 0 Å². The average molecular weight is 312 g/mol. The fourth-order valence-electron chi connectivity index (χ4n) is 2.11. The van der Waals surface area contributed by atoms with Crippen molar-refractivity contribution in [1.82, 2.24) is 14.8 Å². The SMILES string of the molecule is FC(F)(F)c1ccc(-n2nc(CCl)c3cnccc32)cc1. The highest BCUT2D eigenvalue weighted by molar-refractivity contribution is 6.17. The topological polar surface area (TPSA) is 30.7 Å². The number of hydrogen-bond acceptors (Lipinski definition) is 2. The first kappa shape index (κ1) is 13.9. The van der Waals surface area contributed by atoms with Crippen LogP contribution in [-0.4, -0.2) is 14.8 Å². The van der Waals surface area contributed by atoms with E-state index in [1.807, 2.05) is 0 Å². The van der Waals surface area contributed by atoms with E-state index in [4.69, 9.17) is 11.6 Å². The van der Waals surface area contributed by atoms with Gasteiger partial charge in [0.05, 0.1) is 28.3 Å². The van der Waals surface area contributed by atoms with Gasteiger partial charge in [-0.2, -0.15) is 18.3 Å². The van der Waals surface area contributed by atoms with E-state index in [1.165, 1.54) is 12.1 Å². The summed E-state index contributed by atoms with van der Waals surface area (Å²) in [5.74, 6) is 0.204. The maximum Gasteiger partial charge on any atom is 0.416 e. The predicted molar refractivity (Wildman–Crippen MR) is 73.4 cm³/mol. The number of aromatic nitrogens is 3. The maximum absolute atomic E-state index is 12.6. The predicted octanol–water partition coefficient (Wildman–Crippen LogP) is 4.18. The molecule has 0 aliphatic heterocycles. The fourth-order valence-corrected chi connectivity index (χ4v) is 2.31. The summed E-state index contributed by atoms with van der Waals surface area (Å²) in [5, 5.41) is 5.12. The van der Waals surface area contributed by atoms with Gasteiger partial charge >= 0.3 is 6.18 Å². The van der Waals surface area contributed by atoms with Crippen LogP contribution in [0, 0.1) is 0 Å². The van der Waals surface area contributed by atoms with Gasteiger partial charge in [-0.1, -0.05) is 0 Å². The van der Waals surface area contributed by atoms with Gasteiger partial charge in [0.2, 0.25) is 0 Å². The molecular weight excluding hydrogens is 303 g/mol. The van der Waals surface area contributed by atoms with Crippen molar-refractivity contribution in [1.29, 1.82) is 0 Å². The molecule has 3 aromatic rings. The summed E-state index contributed by atoms with van der Waals surface area (Å²) in [4.78, 5) is 4.01. The molecule has 0 bridgehead atoms. The van der Waals surface area contributed by atoms with E-state index in [9.17, 15) is 13.2 Å². The summed E-state index contributed by atoms with van der Waals surface area (Å²) in [6.07, 6.45) is -1.11. The molecule has 3 nitrogen and oxygen atoms in total. The minimum atomic E-state index is -4.35. The van der Waals surface area contributed by atoms with E-state index in [0.29, 0.717) is 11.4 Å². The monoisotopic (exact) mass is 311 g/mol. The Balaban J connectivity index is 2.12. The van der Waals surface area contributed by atoms with Crippen molar-refractivity contribution in [3.05, 3.63) is 54.0 Å². The normalized spacial score (nSPS) is 12.0. The van der Waals surface area contributed by atoms with Crippen LogP contribution in [0.1, 0.15) is 11.3 Å². The Bertz CT molecular complexity index is 778. The molecule has 21 heavy (non-hydrogen) atoms. The summed E-state index contributed by atoms with van der Waals surface area (Å²) in [7, 11) is 0. The number of nitrogens with zero attached hydrogens (tertiary/aromatic N) is 3. The minimum Gasteiger partial charge on any atom is -0.264 e. The molecule has 3 rings (SSSR count). The van der Waals surface area contributed by atoms with Crippen LogP contribution in [0.15, 0.2) is 42.7 Å². The van der Waals surface area contributed by atoms with Crippen LogP contribution >= 0.6 is 11.6 Å². The second-order valence-electron chi connectivity index (χ2n) is 4.43. The van der Waals surface area contributed by atoms with Crippen LogP contribution in [-0.2, 0) is 12.1 Å². The van der Waals surface area contributed by atoms with E-state index in [1.54, 1.807) is 23.1 Å². The average Bonchev–Trinajstić information content (AvgIpc) is 2.85. The lowest BCUT2D eigenvalue weighted by molar-refractivity contribution is -0.137. The van der Waals surface area contributed by atoms with Crippen LogP contribution in [0.5, 0.6) is 0 Å². The lowest BCUT2D eigenvalue weighted by Crippen LogP contribution is -2.05. The Labute approximate surface area is 123 Å². The number of pyridine rings is 1. The highest BCUT2D eigenvalue weighted by Gasteiger charge is 2.30. The van der Waals surface area contributed by atoms with E-state index < -0.39 is 11.7 Å². The van der Waals surface area contributed by atoms with Crippen molar-refractivity contribution < 1.29 is 13.2 Å². The van der Waals surface area contributed by atoms with E-state index >= 15 is 0 Å². The van der Waals surface area contributed by atoms with Crippen molar-refractivity contribution in [2.45, 2.75) is 12.1 Å². The zero-order chi connectivity index (χ0) is 15.0. The lowest BCUT2D eigenvalue weighted by Gasteiger charge is -2.08. The van der Waals surface area contributed by atoms with Crippen LogP contribution in [0.3, 0.4) is 0 Å². The third kappa shape index (κ3) is 2.47. The molecule has 2 aromatic heterocycles. The Hall–Kier alpha value is -2.08. The zero-order valence-corrected chi connectivity index (χ0v) is 11.4. The van der Waals surface area contributed by atoms with Crippen molar-refractivity contribution in [2.75, 3.05) is 0 Å². The Morgan fingerprint density at radius 2 is 1.81 bits per heavy atom. The summed E-state index contributed by atoms with van der Waals surface area (Å²) in [6.45, 7) is 0. The number of halogens is 4. The highest BCUT2D eigenvalue weighted by Crippen LogP contribution is 2.30. The largest absolute Gasteiger partial charge is 0.416 e. The van der Waals surface area contributed by atoms with Crippen LogP contribution in [0.4, 0.5) is 13.2 Å². The molecule has 0 N–H and O–H groups in total. The minimum absolute atomic E-state index is 0.204. The molecule has 0 fully saturated rings. The molecular formula is C14H9ClF3N3. The fraction of sp³-hybridized carbons (Fsp3) is 0.143. The molecule has 0 unspecified atom stereocenters. The van der Waals surface area contributed by atoms with Gasteiger partial charge in [-0.25, -0.2) is 4.68 Å². The molecule has 0 aliphatic carbocycles. The van der Waals surface area contributed by atoms with Crippen molar-refractivity contribution in [2.24, 2.45) is 0 Å². The van der Waals surface area contributed by atoms with Gasteiger partial charge in [-0.05, 0) is 30.3 Å². The molecule has 0 atom stereocenters. The Morgan fingerprint density at radius 1 is 1.10 bits per heavy atom. The summed E-state index contributed by atoms with van der Waals surface area (Å²) >= 11 is 5.84. The Kier molecular flexibility index (Phi) is 3.33. The first-order valence-electron chi connectivity index (χ1n) is 6.06. The third-order valence-corrected chi connectivity index (χ3v) is 3.38. The number of benzene rings is 1. The van der Waals surface area contributed by atoms with Gasteiger partial charge in [-0.3, -0.25) is 4.98 Å². The highest BCUT2D eigenvalue weighted by atomic mass is 35.5. The van der Waals surface area contributed by atoms with Crippen molar-refractivity contribution in [3.8, 4) is 5.69 Å². The second-order valence-corrected chi connectivity index (χ2v) is 4.70. The summed E-state index contributed by atoms with van der Waals surface area (Å²) < 4.78 is 39.3. The van der Waals surface area contributed by atoms with Gasteiger partial charge < -0.3 is 0 Å². The molecule has 0 aliphatic rings. The second kappa shape index (κ2) is 5.04. The number of alkyl halides is 4. The Morgan fingerprint density at radius 3 is 2.43 bits per heavy atom. The molecule has 0 spiro atoms. The lowest BCUT2D eigenvalue weighted by atomic mass is 10.2. The molecule has 7 heteroatoms. The first-order valence-corrected chi connectivity index (χ1v) is 6.59. The van der Waals surface area contributed by atoms with Crippen molar-refractivity contribution in [3.63, 3.8) is 0 Å². The molecule has 1 aromatic carbocycles. The van der Waals surface area contributed by atoms with Crippen LogP contribution in [0.25, 0.3) is 16.6 Å². The molecule has 0 saturated carbocycles. The van der Waals surface area contributed by atoms with Crippen molar-refractivity contribution >= 4 is 22.5 Å². The van der Waals surface area contributed by atoms with Gasteiger partial charge in [0, 0.05) is 17.8 Å². The number of fused-ring (bicyclic) bond motifs is 1. The molecule has 0 saturated heterocycles. The van der Waals surface area contributed by atoms with E-state index in [0.717, 1.165) is 23.0 Å². The summed E-state index contributed by atoms with van der Waals surface area (Å²) in [6, 6.07) is 6.58. The molecule has 108 valence electrons. The van der Waals surface area contributed by atoms with Gasteiger partial charge in [0.25, 0.3) is 0 Å². The first-order chi connectivity index (χ1) is 10.0. The molecule has 0 radical (unpaired) electrons. The quantitative estimate of drug-likeness (QED) is 0.665. The standard InChI is InChI=1S/C14H9ClF3N3/c15-7-12-11-8-19-6-5-13(11)21(20-12)10-3-1-9(2-4-10)14(16,17)18/h1-6,8H,7H2. The smallest absolute Gasteiger partial charge is 0.264 e.